The molecule has 0 saturated carbocycles. The van der Waals surface area contributed by atoms with E-state index in [4.69, 9.17) is 0 Å². The number of hydrogen-bond acceptors (Lipinski definition) is 1. The van der Waals surface area contributed by atoms with E-state index in [1.807, 2.05) is 25.1 Å². The molecule has 1 aromatic rings. The number of fused-ring (bicyclic) bond motifs is 1. The van der Waals surface area contributed by atoms with Crippen molar-refractivity contribution in [2.24, 2.45) is 0 Å². The number of rotatable bonds is 0. The Morgan fingerprint density at radius 2 is 2.17 bits per heavy atom. The van der Waals surface area contributed by atoms with E-state index in [9.17, 15) is 5.11 Å². The van der Waals surface area contributed by atoms with E-state index in [1.165, 1.54) is 5.56 Å². The number of benzene rings is 1. The fourth-order valence-electron chi connectivity index (χ4n) is 1.75. The lowest BCUT2D eigenvalue weighted by molar-refractivity contribution is 0.0674. The maximum absolute atomic E-state index is 10.1. The summed E-state index contributed by atoms with van der Waals surface area (Å²) in [7, 11) is 0. The van der Waals surface area contributed by atoms with Crippen LogP contribution < -0.4 is 0 Å². The molecular formula is C10H11BrO. The summed E-state index contributed by atoms with van der Waals surface area (Å²) in [5.41, 5.74) is 1.62. The molecule has 0 fully saturated rings. The Kier molecular flexibility index (Phi) is 1.77. The van der Waals surface area contributed by atoms with Crippen molar-refractivity contribution in [3.05, 3.63) is 35.4 Å². The number of halogens is 1. The third-order valence-corrected chi connectivity index (χ3v) is 3.79. The first-order chi connectivity index (χ1) is 5.62. The highest BCUT2D eigenvalue weighted by Gasteiger charge is 2.39. The van der Waals surface area contributed by atoms with Crippen LogP contribution in [0.3, 0.4) is 0 Å². The van der Waals surface area contributed by atoms with Crippen molar-refractivity contribution in [2.75, 3.05) is 0 Å². The van der Waals surface area contributed by atoms with Gasteiger partial charge in [-0.2, -0.15) is 0 Å². The van der Waals surface area contributed by atoms with Crippen LogP contribution in [-0.4, -0.2) is 9.93 Å². The van der Waals surface area contributed by atoms with Crippen LogP contribution >= 0.6 is 15.9 Å². The van der Waals surface area contributed by atoms with Gasteiger partial charge in [0, 0.05) is 0 Å². The average Bonchev–Trinajstić information content (AvgIpc) is 2.25. The molecule has 0 heterocycles. The van der Waals surface area contributed by atoms with Gasteiger partial charge in [0.2, 0.25) is 0 Å². The summed E-state index contributed by atoms with van der Waals surface area (Å²) in [4.78, 5) is 0.155. The molecule has 1 N–H and O–H groups in total. The van der Waals surface area contributed by atoms with E-state index < -0.39 is 5.60 Å². The van der Waals surface area contributed by atoms with Gasteiger partial charge in [0.25, 0.3) is 0 Å². The molecular weight excluding hydrogens is 216 g/mol. The lowest BCUT2D eigenvalue weighted by Crippen LogP contribution is -2.27. The van der Waals surface area contributed by atoms with Crippen molar-refractivity contribution in [2.45, 2.75) is 23.8 Å². The number of aliphatic hydroxyl groups is 1. The first-order valence-electron chi connectivity index (χ1n) is 4.07. The Hall–Kier alpha value is -0.340. The minimum Gasteiger partial charge on any atom is -0.384 e. The molecule has 0 saturated heterocycles. The van der Waals surface area contributed by atoms with E-state index >= 15 is 0 Å². The molecule has 0 bridgehead atoms. The fraction of sp³-hybridized carbons (Fsp3) is 0.400. The monoisotopic (exact) mass is 226 g/mol. The Morgan fingerprint density at radius 3 is 2.83 bits per heavy atom. The van der Waals surface area contributed by atoms with Crippen LogP contribution in [0.1, 0.15) is 18.1 Å². The molecule has 1 nitrogen and oxygen atoms in total. The second-order valence-corrected chi connectivity index (χ2v) is 4.58. The van der Waals surface area contributed by atoms with E-state index in [0.717, 1.165) is 12.0 Å². The Morgan fingerprint density at radius 1 is 1.50 bits per heavy atom. The normalized spacial score (nSPS) is 33.4. The van der Waals surface area contributed by atoms with Crippen molar-refractivity contribution in [3.8, 4) is 0 Å². The first kappa shape index (κ1) is 8.27. The number of alkyl halides is 1. The molecule has 2 heteroatoms. The Bertz CT molecular complexity index is 306. The summed E-state index contributed by atoms with van der Waals surface area (Å²) < 4.78 is 0. The lowest BCUT2D eigenvalue weighted by Gasteiger charge is -2.21. The van der Waals surface area contributed by atoms with Gasteiger partial charge < -0.3 is 5.11 Å². The smallest absolute Gasteiger partial charge is 0.0998 e. The first-order valence-corrected chi connectivity index (χ1v) is 4.99. The van der Waals surface area contributed by atoms with Crippen LogP contribution in [0.4, 0.5) is 0 Å². The van der Waals surface area contributed by atoms with Gasteiger partial charge in [-0.05, 0) is 24.5 Å². The highest BCUT2D eigenvalue weighted by Crippen LogP contribution is 2.40. The van der Waals surface area contributed by atoms with Gasteiger partial charge in [0.1, 0.15) is 0 Å². The number of hydrogen-bond donors (Lipinski definition) is 1. The lowest BCUT2D eigenvalue weighted by atomic mass is 9.99. The van der Waals surface area contributed by atoms with Gasteiger partial charge >= 0.3 is 0 Å². The highest BCUT2D eigenvalue weighted by atomic mass is 79.9. The minimum absolute atomic E-state index is 0.155. The third-order valence-electron chi connectivity index (χ3n) is 2.57. The molecule has 0 radical (unpaired) electrons. The minimum atomic E-state index is -0.698. The largest absolute Gasteiger partial charge is 0.384 e. The van der Waals surface area contributed by atoms with Gasteiger partial charge in [-0.1, -0.05) is 40.2 Å². The molecule has 1 aliphatic carbocycles. The SMILES string of the molecule is CC1(O)c2ccccc2CC1Br. The maximum atomic E-state index is 10.1. The molecule has 64 valence electrons. The zero-order valence-electron chi connectivity index (χ0n) is 6.92. The van der Waals surface area contributed by atoms with Crippen molar-refractivity contribution < 1.29 is 5.11 Å². The van der Waals surface area contributed by atoms with E-state index in [1.54, 1.807) is 0 Å². The van der Waals surface area contributed by atoms with Crippen LogP contribution in [0, 0.1) is 0 Å². The Labute approximate surface area is 80.5 Å². The maximum Gasteiger partial charge on any atom is 0.0998 e. The molecule has 2 unspecified atom stereocenters. The quantitative estimate of drug-likeness (QED) is 0.673. The van der Waals surface area contributed by atoms with Crippen LogP contribution in [0.15, 0.2) is 24.3 Å². The molecule has 1 aliphatic rings. The zero-order valence-corrected chi connectivity index (χ0v) is 8.51. The standard InChI is InChI=1S/C10H11BrO/c1-10(12)8-5-3-2-4-7(8)6-9(10)11/h2-5,9,12H,6H2,1H3. The van der Waals surface area contributed by atoms with Gasteiger partial charge in [0.15, 0.2) is 0 Å². The predicted octanol–water partition coefficient (Wildman–Crippen LogP) is 2.21. The zero-order chi connectivity index (χ0) is 8.77. The van der Waals surface area contributed by atoms with Crippen LogP contribution in [-0.2, 0) is 12.0 Å². The molecule has 12 heavy (non-hydrogen) atoms. The average molecular weight is 227 g/mol. The van der Waals surface area contributed by atoms with Gasteiger partial charge in [-0.25, -0.2) is 0 Å². The molecule has 2 rings (SSSR count). The van der Waals surface area contributed by atoms with Gasteiger partial charge in [-0.3, -0.25) is 0 Å². The summed E-state index contributed by atoms with van der Waals surface area (Å²) in [5.74, 6) is 0. The van der Waals surface area contributed by atoms with Crippen molar-refractivity contribution in [1.82, 2.24) is 0 Å². The summed E-state index contributed by atoms with van der Waals surface area (Å²) in [5, 5.41) is 10.1. The summed E-state index contributed by atoms with van der Waals surface area (Å²) in [6.07, 6.45) is 0.920. The molecule has 2 atom stereocenters. The van der Waals surface area contributed by atoms with E-state index in [-0.39, 0.29) is 4.83 Å². The Balaban J connectivity index is 2.55. The van der Waals surface area contributed by atoms with Gasteiger partial charge in [0.05, 0.1) is 10.4 Å². The van der Waals surface area contributed by atoms with Crippen molar-refractivity contribution >= 4 is 15.9 Å². The molecule has 0 aliphatic heterocycles. The van der Waals surface area contributed by atoms with Crippen molar-refractivity contribution in [3.63, 3.8) is 0 Å². The van der Waals surface area contributed by atoms with Crippen LogP contribution in [0.2, 0.25) is 0 Å². The summed E-state index contributed by atoms with van der Waals surface area (Å²) >= 11 is 3.49. The fourth-order valence-corrected chi connectivity index (χ4v) is 2.35. The van der Waals surface area contributed by atoms with Gasteiger partial charge in [-0.15, -0.1) is 0 Å². The molecule has 0 aromatic heterocycles. The van der Waals surface area contributed by atoms with Crippen molar-refractivity contribution in [1.29, 1.82) is 0 Å². The second kappa shape index (κ2) is 2.57. The van der Waals surface area contributed by atoms with E-state index in [0.29, 0.717) is 0 Å². The summed E-state index contributed by atoms with van der Waals surface area (Å²) in [6.45, 7) is 1.86. The second-order valence-electron chi connectivity index (χ2n) is 3.48. The van der Waals surface area contributed by atoms with Crippen LogP contribution in [0.5, 0.6) is 0 Å². The third kappa shape index (κ3) is 1.02. The van der Waals surface area contributed by atoms with Crippen LogP contribution in [0.25, 0.3) is 0 Å². The topological polar surface area (TPSA) is 20.2 Å². The predicted molar refractivity (Wildman–Crippen MR) is 52.4 cm³/mol. The molecule has 0 spiro atoms. The highest BCUT2D eigenvalue weighted by molar-refractivity contribution is 9.09. The summed E-state index contributed by atoms with van der Waals surface area (Å²) in [6, 6.07) is 8.06. The molecule has 1 aromatic carbocycles. The van der Waals surface area contributed by atoms with E-state index in [2.05, 4.69) is 22.0 Å². The molecule has 0 amide bonds.